The molecule has 0 radical (unpaired) electrons. The Balaban J connectivity index is 2.31. The van der Waals surface area contributed by atoms with Gasteiger partial charge < -0.3 is 4.74 Å². The molecule has 2 aromatic carbocycles. The van der Waals surface area contributed by atoms with Gasteiger partial charge in [0.1, 0.15) is 10.6 Å². The van der Waals surface area contributed by atoms with Gasteiger partial charge in [0.25, 0.3) is 10.0 Å². The second-order valence-corrected chi connectivity index (χ2v) is 7.02. The number of rotatable bonds is 5. The summed E-state index contributed by atoms with van der Waals surface area (Å²) >= 11 is 17.4. The molecule has 0 fully saturated rings. The Morgan fingerprint density at radius 3 is 2.35 bits per heavy atom. The van der Waals surface area contributed by atoms with Crippen LogP contribution in [0.5, 0.6) is 5.75 Å². The molecule has 0 unspecified atom stereocenters. The second kappa shape index (κ2) is 7.09. The minimum absolute atomic E-state index is 0.0488. The fourth-order valence-corrected chi connectivity index (χ4v) is 3.69. The van der Waals surface area contributed by atoms with E-state index >= 15 is 0 Å². The molecular formula is C13H8Cl3F2NO3S. The van der Waals surface area contributed by atoms with Crippen LogP contribution in [0.25, 0.3) is 0 Å². The van der Waals surface area contributed by atoms with Gasteiger partial charge in [-0.05, 0) is 30.3 Å². The third-order valence-corrected chi connectivity index (χ3v) is 5.26. The van der Waals surface area contributed by atoms with Gasteiger partial charge in [-0.25, -0.2) is 8.42 Å². The number of hydrogen-bond donors (Lipinski definition) is 1. The summed E-state index contributed by atoms with van der Waals surface area (Å²) in [7, 11) is -4.03. The maximum atomic E-state index is 12.3. The summed E-state index contributed by atoms with van der Waals surface area (Å²) in [5.41, 5.74) is 0.0488. The van der Waals surface area contributed by atoms with Crippen molar-refractivity contribution in [3.05, 3.63) is 51.5 Å². The first-order chi connectivity index (χ1) is 10.7. The van der Waals surface area contributed by atoms with Crippen LogP contribution in [0.15, 0.2) is 41.3 Å². The molecule has 0 heterocycles. The molecule has 2 aromatic rings. The largest absolute Gasteiger partial charge is 0.433 e. The molecule has 0 aromatic heterocycles. The molecule has 124 valence electrons. The van der Waals surface area contributed by atoms with Crippen molar-refractivity contribution in [3.63, 3.8) is 0 Å². The van der Waals surface area contributed by atoms with E-state index in [2.05, 4.69) is 9.46 Å². The second-order valence-electron chi connectivity index (χ2n) is 4.18. The fourth-order valence-electron chi connectivity index (χ4n) is 1.66. The first-order valence-electron chi connectivity index (χ1n) is 5.92. The van der Waals surface area contributed by atoms with Crippen molar-refractivity contribution >= 4 is 50.5 Å². The van der Waals surface area contributed by atoms with Gasteiger partial charge in [-0.1, -0.05) is 40.9 Å². The highest BCUT2D eigenvalue weighted by atomic mass is 35.5. The molecule has 4 nitrogen and oxygen atoms in total. The smallest absolute Gasteiger partial charge is 0.387 e. The van der Waals surface area contributed by atoms with Gasteiger partial charge in [0.15, 0.2) is 0 Å². The lowest BCUT2D eigenvalue weighted by molar-refractivity contribution is -0.0497. The minimum atomic E-state index is -4.03. The maximum absolute atomic E-state index is 12.3. The van der Waals surface area contributed by atoms with Crippen LogP contribution in [-0.2, 0) is 10.0 Å². The SMILES string of the molecule is O=S(=O)(Nc1ccc(OC(F)F)c(Cl)c1)c1cccc(Cl)c1Cl. The highest BCUT2D eigenvalue weighted by Gasteiger charge is 2.20. The lowest BCUT2D eigenvalue weighted by Gasteiger charge is -2.12. The molecule has 0 aliphatic carbocycles. The molecule has 0 amide bonds. The molecule has 1 N–H and O–H groups in total. The Morgan fingerprint density at radius 1 is 1.04 bits per heavy atom. The molecule has 2 rings (SSSR count). The maximum Gasteiger partial charge on any atom is 0.387 e. The molecule has 23 heavy (non-hydrogen) atoms. The zero-order chi connectivity index (χ0) is 17.2. The summed E-state index contributed by atoms with van der Waals surface area (Å²) in [6.45, 7) is -3.04. The average molecular weight is 403 g/mol. The van der Waals surface area contributed by atoms with E-state index in [0.29, 0.717) is 0 Å². The van der Waals surface area contributed by atoms with E-state index in [0.717, 1.165) is 12.1 Å². The van der Waals surface area contributed by atoms with E-state index < -0.39 is 16.6 Å². The Morgan fingerprint density at radius 2 is 1.74 bits per heavy atom. The molecule has 0 atom stereocenters. The van der Waals surface area contributed by atoms with Crippen LogP contribution < -0.4 is 9.46 Å². The quantitative estimate of drug-likeness (QED) is 0.761. The number of sulfonamides is 1. The summed E-state index contributed by atoms with van der Waals surface area (Å²) in [5, 5.41) is -0.235. The van der Waals surface area contributed by atoms with Crippen molar-refractivity contribution in [1.29, 1.82) is 0 Å². The zero-order valence-electron chi connectivity index (χ0n) is 11.1. The molecule has 0 spiro atoms. The van der Waals surface area contributed by atoms with Gasteiger partial charge in [-0.2, -0.15) is 8.78 Å². The Hall–Kier alpha value is -1.28. The molecule has 0 saturated carbocycles. The zero-order valence-corrected chi connectivity index (χ0v) is 14.1. The number of benzene rings is 2. The number of ether oxygens (including phenoxy) is 1. The van der Waals surface area contributed by atoms with Crippen LogP contribution in [0.2, 0.25) is 15.1 Å². The Kier molecular flexibility index (Phi) is 5.57. The Labute approximate surface area is 146 Å². The number of hydrogen-bond acceptors (Lipinski definition) is 3. The predicted octanol–water partition coefficient (Wildman–Crippen LogP) is 5.05. The van der Waals surface area contributed by atoms with Gasteiger partial charge in [0.05, 0.1) is 20.8 Å². The van der Waals surface area contributed by atoms with Crippen LogP contribution in [0.3, 0.4) is 0 Å². The van der Waals surface area contributed by atoms with E-state index in [-0.39, 0.29) is 31.4 Å². The highest BCUT2D eigenvalue weighted by Crippen LogP contribution is 2.32. The normalized spacial score (nSPS) is 11.6. The highest BCUT2D eigenvalue weighted by molar-refractivity contribution is 7.92. The number of nitrogens with one attached hydrogen (secondary N) is 1. The van der Waals surface area contributed by atoms with Crippen molar-refractivity contribution < 1.29 is 21.9 Å². The van der Waals surface area contributed by atoms with Gasteiger partial charge >= 0.3 is 6.61 Å². The lowest BCUT2D eigenvalue weighted by atomic mass is 10.3. The summed E-state index contributed by atoms with van der Waals surface area (Å²) < 4.78 is 55.3. The van der Waals surface area contributed by atoms with Crippen molar-refractivity contribution in [2.24, 2.45) is 0 Å². The fraction of sp³-hybridized carbons (Fsp3) is 0.0769. The first-order valence-corrected chi connectivity index (χ1v) is 8.53. The first kappa shape index (κ1) is 18.1. The van der Waals surface area contributed by atoms with Crippen LogP contribution >= 0.6 is 34.8 Å². The van der Waals surface area contributed by atoms with E-state index in [1.54, 1.807) is 0 Å². The molecule has 10 heteroatoms. The topological polar surface area (TPSA) is 55.4 Å². The van der Waals surface area contributed by atoms with Crippen LogP contribution in [0.1, 0.15) is 0 Å². The predicted molar refractivity (Wildman–Crippen MR) is 85.4 cm³/mol. The third-order valence-electron chi connectivity index (χ3n) is 2.61. The van der Waals surface area contributed by atoms with Crippen LogP contribution in [-0.4, -0.2) is 15.0 Å². The minimum Gasteiger partial charge on any atom is -0.433 e. The van der Waals surface area contributed by atoms with Crippen molar-refractivity contribution in [2.45, 2.75) is 11.5 Å². The average Bonchev–Trinajstić information content (AvgIpc) is 2.44. The van der Waals surface area contributed by atoms with E-state index in [1.807, 2.05) is 0 Å². The molecule has 0 bridgehead atoms. The monoisotopic (exact) mass is 401 g/mol. The van der Waals surface area contributed by atoms with Crippen molar-refractivity contribution in [1.82, 2.24) is 0 Å². The summed E-state index contributed by atoms with van der Waals surface area (Å²) in [6.07, 6.45) is 0. The summed E-state index contributed by atoms with van der Waals surface area (Å²) in [5.74, 6) is -0.273. The number of halogens is 5. The van der Waals surface area contributed by atoms with Crippen LogP contribution in [0.4, 0.5) is 14.5 Å². The molecule has 0 aliphatic rings. The number of anilines is 1. The van der Waals surface area contributed by atoms with Gasteiger partial charge in [-0.3, -0.25) is 4.72 Å². The van der Waals surface area contributed by atoms with Gasteiger partial charge in [0, 0.05) is 0 Å². The Bertz CT molecular complexity index is 831. The standard InChI is InChI=1S/C13H8Cl3F2NO3S/c14-8-2-1-3-11(12(8)16)23(20,21)19-7-4-5-10(9(15)6-7)22-13(17)18/h1-6,13,19H. The van der Waals surface area contributed by atoms with Gasteiger partial charge in [-0.15, -0.1) is 0 Å². The third kappa shape index (κ3) is 4.38. The molecule has 0 aliphatic heterocycles. The van der Waals surface area contributed by atoms with E-state index in [1.165, 1.54) is 24.3 Å². The van der Waals surface area contributed by atoms with Crippen LogP contribution in [0, 0.1) is 0 Å². The summed E-state index contributed by atoms with van der Waals surface area (Å²) in [6, 6.07) is 7.61. The van der Waals surface area contributed by atoms with Gasteiger partial charge in [0.2, 0.25) is 0 Å². The molecular weight excluding hydrogens is 395 g/mol. The van der Waals surface area contributed by atoms with E-state index in [9.17, 15) is 17.2 Å². The summed E-state index contributed by atoms with van der Waals surface area (Å²) in [4.78, 5) is -0.226. The van der Waals surface area contributed by atoms with Crippen molar-refractivity contribution in [2.75, 3.05) is 4.72 Å². The molecule has 0 saturated heterocycles. The lowest BCUT2D eigenvalue weighted by Crippen LogP contribution is -2.13. The number of alkyl halides is 2. The van der Waals surface area contributed by atoms with E-state index in [4.69, 9.17) is 34.8 Å². The van der Waals surface area contributed by atoms with Crippen molar-refractivity contribution in [3.8, 4) is 5.75 Å².